The lowest BCUT2D eigenvalue weighted by Crippen LogP contribution is -2.31. The van der Waals surface area contributed by atoms with Gasteiger partial charge in [-0.05, 0) is 59.1 Å². The Morgan fingerprint density at radius 1 is 1.50 bits per heavy atom. The molecule has 0 amide bonds. The molecule has 2 rings (SSSR count). The van der Waals surface area contributed by atoms with Crippen molar-refractivity contribution in [2.45, 2.75) is 29.7 Å². The third kappa shape index (κ3) is 2.22. The normalized spacial score (nSPS) is 16.6. The van der Waals surface area contributed by atoms with Crippen LogP contribution in [0.4, 0.5) is 0 Å². The Balaban J connectivity index is 2.52. The van der Waals surface area contributed by atoms with Gasteiger partial charge in [-0.15, -0.1) is 11.8 Å². The summed E-state index contributed by atoms with van der Waals surface area (Å²) in [4.78, 5) is 15.7. The number of rotatable bonds is 4. The van der Waals surface area contributed by atoms with E-state index in [1.165, 1.54) is 0 Å². The van der Waals surface area contributed by atoms with Gasteiger partial charge >= 0.3 is 0 Å². The zero-order chi connectivity index (χ0) is 13.2. The molecule has 5 heteroatoms. The van der Waals surface area contributed by atoms with Crippen LogP contribution in [-0.2, 0) is 10.3 Å². The molecule has 0 aliphatic heterocycles. The average molecular weight is 328 g/mol. The molecule has 1 aromatic carbocycles. The van der Waals surface area contributed by atoms with Gasteiger partial charge in [-0.2, -0.15) is 4.99 Å². The Morgan fingerprint density at radius 3 is 2.67 bits per heavy atom. The van der Waals surface area contributed by atoms with Crippen molar-refractivity contribution in [3.8, 4) is 5.75 Å². The molecule has 3 nitrogen and oxygen atoms in total. The van der Waals surface area contributed by atoms with E-state index in [9.17, 15) is 4.79 Å². The molecular weight excluding hydrogens is 314 g/mol. The third-order valence-corrected chi connectivity index (χ3v) is 4.74. The number of thioether (sulfide) groups is 1. The Kier molecular flexibility index (Phi) is 4.15. The van der Waals surface area contributed by atoms with Gasteiger partial charge in [-0.25, -0.2) is 4.79 Å². The Labute approximate surface area is 119 Å². The molecule has 1 fully saturated rings. The van der Waals surface area contributed by atoms with Crippen molar-refractivity contribution in [3.63, 3.8) is 0 Å². The van der Waals surface area contributed by atoms with E-state index in [2.05, 4.69) is 27.0 Å². The van der Waals surface area contributed by atoms with Gasteiger partial charge in [0.25, 0.3) is 0 Å². The zero-order valence-electron chi connectivity index (χ0n) is 10.3. The first kappa shape index (κ1) is 13.7. The van der Waals surface area contributed by atoms with Crippen LogP contribution in [0.25, 0.3) is 0 Å². The fourth-order valence-corrected chi connectivity index (χ4v) is 3.63. The summed E-state index contributed by atoms with van der Waals surface area (Å²) in [6.45, 7) is 0. The molecule has 96 valence electrons. The van der Waals surface area contributed by atoms with Crippen LogP contribution in [0, 0.1) is 0 Å². The van der Waals surface area contributed by atoms with Gasteiger partial charge in [0.1, 0.15) is 5.75 Å². The summed E-state index contributed by atoms with van der Waals surface area (Å²) in [5.41, 5.74) is 0.704. The minimum atomic E-state index is -0.360. The van der Waals surface area contributed by atoms with E-state index >= 15 is 0 Å². The second-order valence-corrected chi connectivity index (χ2v) is 5.98. The first-order chi connectivity index (χ1) is 8.66. The lowest BCUT2D eigenvalue weighted by atomic mass is 9.72. The monoisotopic (exact) mass is 327 g/mol. The summed E-state index contributed by atoms with van der Waals surface area (Å²) < 4.78 is 6.27. The quantitative estimate of drug-likeness (QED) is 0.478. The number of hydrogen-bond donors (Lipinski definition) is 0. The van der Waals surface area contributed by atoms with Crippen LogP contribution < -0.4 is 4.74 Å². The van der Waals surface area contributed by atoms with Crippen LogP contribution in [-0.4, -0.2) is 19.4 Å². The Hall–Kier alpha value is -0.770. The summed E-state index contributed by atoms with van der Waals surface area (Å²) in [7, 11) is 1.65. The molecule has 0 saturated heterocycles. The molecule has 0 bridgehead atoms. The van der Waals surface area contributed by atoms with Crippen molar-refractivity contribution in [2.24, 2.45) is 4.99 Å². The number of nitrogens with zero attached hydrogens (tertiary/aromatic N) is 1. The van der Waals surface area contributed by atoms with Crippen molar-refractivity contribution in [3.05, 3.63) is 22.2 Å². The molecule has 0 heterocycles. The Morgan fingerprint density at radius 2 is 2.22 bits per heavy atom. The average Bonchev–Trinajstić information content (AvgIpc) is 2.32. The van der Waals surface area contributed by atoms with Crippen molar-refractivity contribution in [1.82, 2.24) is 0 Å². The van der Waals surface area contributed by atoms with Crippen molar-refractivity contribution < 1.29 is 9.53 Å². The maximum absolute atomic E-state index is 10.6. The van der Waals surface area contributed by atoms with Gasteiger partial charge in [0.15, 0.2) is 0 Å². The Bertz CT molecular complexity index is 508. The SMILES string of the molecule is COc1c(Br)cc(C2(N=C=O)CCC2)cc1SC. The number of halogens is 1. The highest BCUT2D eigenvalue weighted by molar-refractivity contribution is 9.10. The number of isocyanates is 1. The summed E-state index contributed by atoms with van der Waals surface area (Å²) in [5, 5.41) is 0. The topological polar surface area (TPSA) is 38.7 Å². The van der Waals surface area contributed by atoms with Crippen LogP contribution in [0.1, 0.15) is 24.8 Å². The first-order valence-corrected chi connectivity index (χ1v) is 7.69. The molecule has 0 spiro atoms. The van der Waals surface area contributed by atoms with E-state index in [1.54, 1.807) is 25.0 Å². The van der Waals surface area contributed by atoms with E-state index in [0.717, 1.165) is 39.9 Å². The number of aliphatic imine (C=N–C) groups is 1. The van der Waals surface area contributed by atoms with Crippen molar-refractivity contribution in [1.29, 1.82) is 0 Å². The largest absolute Gasteiger partial charge is 0.494 e. The standard InChI is InChI=1S/C13H14BrNO2S/c1-17-12-10(14)6-9(7-11(12)18-2)13(15-8-16)4-3-5-13/h6-7H,3-5H2,1-2H3. The predicted octanol–water partition coefficient (Wildman–Crippen LogP) is 3.89. The molecule has 0 N–H and O–H groups in total. The molecule has 18 heavy (non-hydrogen) atoms. The summed E-state index contributed by atoms with van der Waals surface area (Å²) in [6.07, 6.45) is 6.64. The van der Waals surface area contributed by atoms with Gasteiger partial charge < -0.3 is 4.74 Å². The second-order valence-electron chi connectivity index (χ2n) is 4.28. The van der Waals surface area contributed by atoms with Crippen LogP contribution in [0.15, 0.2) is 26.5 Å². The second kappa shape index (κ2) is 5.47. The van der Waals surface area contributed by atoms with E-state index in [4.69, 9.17) is 4.74 Å². The van der Waals surface area contributed by atoms with Crippen LogP contribution in [0.5, 0.6) is 5.75 Å². The van der Waals surface area contributed by atoms with Crippen molar-refractivity contribution >= 4 is 33.8 Å². The maximum atomic E-state index is 10.6. The predicted molar refractivity (Wildman–Crippen MR) is 76.1 cm³/mol. The summed E-state index contributed by atoms with van der Waals surface area (Å²) in [5.74, 6) is 0.829. The molecular formula is C13H14BrNO2S. The van der Waals surface area contributed by atoms with E-state index in [0.29, 0.717) is 0 Å². The highest BCUT2D eigenvalue weighted by Gasteiger charge is 2.39. The third-order valence-electron chi connectivity index (χ3n) is 3.41. The number of methoxy groups -OCH3 is 1. The molecule has 0 radical (unpaired) electrons. The first-order valence-electron chi connectivity index (χ1n) is 5.68. The van der Waals surface area contributed by atoms with Gasteiger partial charge in [0.2, 0.25) is 6.08 Å². The summed E-state index contributed by atoms with van der Waals surface area (Å²) >= 11 is 5.14. The minimum Gasteiger partial charge on any atom is -0.494 e. The fourth-order valence-electron chi connectivity index (χ4n) is 2.25. The van der Waals surface area contributed by atoms with Gasteiger partial charge in [0, 0.05) is 0 Å². The smallest absolute Gasteiger partial charge is 0.235 e. The van der Waals surface area contributed by atoms with Crippen molar-refractivity contribution in [2.75, 3.05) is 13.4 Å². The minimum absolute atomic E-state index is 0.360. The number of ether oxygens (including phenoxy) is 1. The van der Waals surface area contributed by atoms with Gasteiger partial charge in [-0.1, -0.05) is 0 Å². The van der Waals surface area contributed by atoms with Gasteiger partial charge in [0.05, 0.1) is 22.0 Å². The molecule has 1 aliphatic carbocycles. The molecule has 1 aliphatic rings. The maximum Gasteiger partial charge on any atom is 0.235 e. The molecule has 0 aromatic heterocycles. The van der Waals surface area contributed by atoms with E-state index < -0.39 is 0 Å². The van der Waals surface area contributed by atoms with Crippen LogP contribution in [0.3, 0.4) is 0 Å². The van der Waals surface area contributed by atoms with Crippen LogP contribution in [0.2, 0.25) is 0 Å². The van der Waals surface area contributed by atoms with Gasteiger partial charge in [-0.3, -0.25) is 0 Å². The lowest BCUT2D eigenvalue weighted by Gasteiger charge is -2.37. The number of carbonyl (C=O) groups excluding carboxylic acids is 1. The fraction of sp³-hybridized carbons (Fsp3) is 0.462. The molecule has 0 atom stereocenters. The highest BCUT2D eigenvalue weighted by atomic mass is 79.9. The number of benzene rings is 1. The van der Waals surface area contributed by atoms with E-state index in [1.807, 2.05) is 12.3 Å². The zero-order valence-corrected chi connectivity index (χ0v) is 12.7. The number of hydrogen-bond acceptors (Lipinski definition) is 4. The van der Waals surface area contributed by atoms with Crippen LogP contribution >= 0.6 is 27.7 Å². The summed E-state index contributed by atoms with van der Waals surface area (Å²) in [6, 6.07) is 4.06. The molecule has 1 aromatic rings. The highest BCUT2D eigenvalue weighted by Crippen LogP contribution is 2.48. The molecule has 1 saturated carbocycles. The lowest BCUT2D eigenvalue weighted by molar-refractivity contribution is 0.255. The molecule has 0 unspecified atom stereocenters. The van der Waals surface area contributed by atoms with E-state index in [-0.39, 0.29) is 5.54 Å².